The van der Waals surface area contributed by atoms with Crippen molar-refractivity contribution in [2.24, 2.45) is 5.73 Å². The van der Waals surface area contributed by atoms with Crippen LogP contribution < -0.4 is 5.73 Å². The third-order valence-corrected chi connectivity index (χ3v) is 1.43. The summed E-state index contributed by atoms with van der Waals surface area (Å²) in [6, 6.07) is -0.566. The Morgan fingerprint density at radius 3 is 2.42 bits per heavy atom. The maximum absolute atomic E-state index is 11.1. The summed E-state index contributed by atoms with van der Waals surface area (Å²) in [5, 5.41) is 8.31. The number of nitrogens with two attached hydrogens (primary N) is 1. The summed E-state index contributed by atoms with van der Waals surface area (Å²) in [4.78, 5) is 22.5. The van der Waals surface area contributed by atoms with Gasteiger partial charge in [0.25, 0.3) is 0 Å². The van der Waals surface area contributed by atoms with Crippen LogP contribution in [0.4, 0.5) is 0 Å². The van der Waals surface area contributed by atoms with Gasteiger partial charge in [0.15, 0.2) is 0 Å². The summed E-state index contributed by atoms with van der Waals surface area (Å²) in [6.07, 6.45) is -0.0467. The topological polar surface area (TPSA) is 83.6 Å². The molecule has 0 aromatic rings. The average molecular weight is 174 g/mol. The lowest BCUT2D eigenvalue weighted by atomic mass is 10.3. The highest BCUT2D eigenvalue weighted by atomic mass is 16.4. The van der Waals surface area contributed by atoms with Crippen LogP contribution in [-0.2, 0) is 9.59 Å². The number of carboxylic acids is 1. The smallest absolute Gasteiger partial charge is 0.305 e. The number of carbonyl (C=O) groups excluding carboxylic acids is 1. The molecule has 12 heavy (non-hydrogen) atoms. The first-order valence-electron chi connectivity index (χ1n) is 3.67. The van der Waals surface area contributed by atoms with Gasteiger partial charge in [-0.2, -0.15) is 0 Å². The summed E-state index contributed by atoms with van der Waals surface area (Å²) in [5.74, 6) is -1.16. The second-order valence-electron chi connectivity index (χ2n) is 2.69. The number of nitrogens with zero attached hydrogens (tertiary/aromatic N) is 1. The lowest BCUT2D eigenvalue weighted by Gasteiger charge is -2.17. The molecule has 0 rings (SSSR count). The molecule has 3 N–H and O–H groups in total. The van der Waals surface area contributed by atoms with Crippen molar-refractivity contribution in [3.05, 3.63) is 0 Å². The quantitative estimate of drug-likeness (QED) is 0.588. The van der Waals surface area contributed by atoms with E-state index < -0.39 is 12.0 Å². The van der Waals surface area contributed by atoms with E-state index in [2.05, 4.69) is 0 Å². The van der Waals surface area contributed by atoms with Gasteiger partial charge in [-0.05, 0) is 6.92 Å². The maximum atomic E-state index is 11.1. The van der Waals surface area contributed by atoms with Crippen LogP contribution in [0.3, 0.4) is 0 Å². The Kier molecular flexibility index (Phi) is 4.28. The Balaban J connectivity index is 3.79. The van der Waals surface area contributed by atoms with Crippen LogP contribution in [0.5, 0.6) is 0 Å². The van der Waals surface area contributed by atoms with Gasteiger partial charge >= 0.3 is 5.97 Å². The molecule has 1 amide bonds. The minimum Gasteiger partial charge on any atom is -0.481 e. The molecule has 0 aliphatic heterocycles. The number of rotatable bonds is 4. The van der Waals surface area contributed by atoms with E-state index in [9.17, 15) is 9.59 Å². The molecule has 0 spiro atoms. The Bertz CT molecular complexity index is 179. The van der Waals surface area contributed by atoms with Crippen LogP contribution >= 0.6 is 0 Å². The number of carboxylic acid groups (broad SMARTS) is 1. The molecule has 0 heterocycles. The van der Waals surface area contributed by atoms with Crippen molar-refractivity contribution in [3.63, 3.8) is 0 Å². The van der Waals surface area contributed by atoms with Gasteiger partial charge in [0.2, 0.25) is 5.91 Å². The highest BCUT2D eigenvalue weighted by Crippen LogP contribution is 1.91. The minimum atomic E-state index is -0.917. The first-order chi connectivity index (χ1) is 5.45. The number of amides is 1. The number of hydrogen-bond acceptors (Lipinski definition) is 3. The van der Waals surface area contributed by atoms with Crippen molar-refractivity contribution in [2.75, 3.05) is 13.6 Å². The van der Waals surface area contributed by atoms with Crippen LogP contribution in [0.25, 0.3) is 0 Å². The van der Waals surface area contributed by atoms with Gasteiger partial charge in [0.1, 0.15) is 0 Å². The lowest BCUT2D eigenvalue weighted by molar-refractivity contribution is -0.138. The van der Waals surface area contributed by atoms with Crippen LogP contribution in [0.2, 0.25) is 0 Å². The van der Waals surface area contributed by atoms with Gasteiger partial charge in [0.05, 0.1) is 12.5 Å². The highest BCUT2D eigenvalue weighted by molar-refractivity contribution is 5.81. The monoisotopic (exact) mass is 174 g/mol. The third kappa shape index (κ3) is 3.92. The summed E-state index contributed by atoms with van der Waals surface area (Å²) >= 11 is 0. The largest absolute Gasteiger partial charge is 0.481 e. The Morgan fingerprint density at radius 1 is 1.58 bits per heavy atom. The zero-order chi connectivity index (χ0) is 9.72. The number of hydrogen-bond donors (Lipinski definition) is 2. The fourth-order valence-corrected chi connectivity index (χ4v) is 0.721. The molecule has 5 heteroatoms. The fourth-order valence-electron chi connectivity index (χ4n) is 0.721. The van der Waals surface area contributed by atoms with Crippen molar-refractivity contribution in [1.82, 2.24) is 4.90 Å². The first-order valence-corrected chi connectivity index (χ1v) is 3.67. The summed E-state index contributed by atoms with van der Waals surface area (Å²) in [5.41, 5.74) is 5.30. The predicted octanol–water partition coefficient (Wildman–Crippen LogP) is -0.733. The van der Waals surface area contributed by atoms with Gasteiger partial charge in [-0.3, -0.25) is 9.59 Å². The van der Waals surface area contributed by atoms with E-state index in [1.807, 2.05) is 0 Å². The molecule has 1 atom stereocenters. The Morgan fingerprint density at radius 2 is 2.08 bits per heavy atom. The molecule has 0 aromatic carbocycles. The lowest BCUT2D eigenvalue weighted by Crippen LogP contribution is -2.40. The molecule has 70 valence electrons. The van der Waals surface area contributed by atoms with Crippen LogP contribution in [0.15, 0.2) is 0 Å². The zero-order valence-electron chi connectivity index (χ0n) is 7.28. The van der Waals surface area contributed by atoms with Gasteiger partial charge in [-0.15, -0.1) is 0 Å². The van der Waals surface area contributed by atoms with Gasteiger partial charge < -0.3 is 15.7 Å². The molecule has 0 aliphatic carbocycles. The van der Waals surface area contributed by atoms with Crippen LogP contribution in [0.1, 0.15) is 13.3 Å². The van der Waals surface area contributed by atoms with E-state index in [-0.39, 0.29) is 18.9 Å². The molecule has 5 nitrogen and oxygen atoms in total. The predicted molar refractivity (Wildman–Crippen MR) is 43.5 cm³/mol. The van der Waals surface area contributed by atoms with Crippen molar-refractivity contribution in [2.45, 2.75) is 19.4 Å². The molecule has 0 radical (unpaired) electrons. The molecule has 0 aromatic heterocycles. The second-order valence-corrected chi connectivity index (χ2v) is 2.69. The number of likely N-dealkylation sites (N-methyl/N-ethyl adjacent to an activating group) is 1. The standard InChI is InChI=1S/C7H14N2O3/c1-5(8)7(12)9(2)4-3-6(10)11/h5H,3-4,8H2,1-2H3,(H,10,11)/t5-/m0/s1. The van der Waals surface area contributed by atoms with Crippen molar-refractivity contribution < 1.29 is 14.7 Å². The SMILES string of the molecule is C[C@H](N)C(=O)N(C)CCC(=O)O. The zero-order valence-corrected chi connectivity index (χ0v) is 7.28. The fraction of sp³-hybridized carbons (Fsp3) is 0.714. The van der Waals surface area contributed by atoms with E-state index in [0.29, 0.717) is 0 Å². The van der Waals surface area contributed by atoms with E-state index in [1.54, 1.807) is 6.92 Å². The number of carbonyl (C=O) groups is 2. The minimum absolute atomic E-state index is 0.0467. The third-order valence-electron chi connectivity index (χ3n) is 1.43. The van der Waals surface area contributed by atoms with Crippen molar-refractivity contribution in [1.29, 1.82) is 0 Å². The normalized spacial score (nSPS) is 12.2. The van der Waals surface area contributed by atoms with Gasteiger partial charge in [-0.1, -0.05) is 0 Å². The molecule has 0 saturated carbocycles. The molecule has 0 saturated heterocycles. The van der Waals surface area contributed by atoms with E-state index in [4.69, 9.17) is 10.8 Å². The molecule has 0 fully saturated rings. The number of aliphatic carboxylic acids is 1. The van der Waals surface area contributed by atoms with E-state index in [0.717, 1.165) is 0 Å². The van der Waals surface area contributed by atoms with Gasteiger partial charge in [0, 0.05) is 13.6 Å². The van der Waals surface area contributed by atoms with Gasteiger partial charge in [-0.25, -0.2) is 0 Å². The molecule has 0 bridgehead atoms. The molecular formula is C7H14N2O3. The van der Waals surface area contributed by atoms with E-state index >= 15 is 0 Å². The highest BCUT2D eigenvalue weighted by Gasteiger charge is 2.13. The van der Waals surface area contributed by atoms with Crippen LogP contribution in [0, 0.1) is 0 Å². The first kappa shape index (κ1) is 10.9. The summed E-state index contributed by atoms with van der Waals surface area (Å²) in [6.45, 7) is 1.77. The Hall–Kier alpha value is -1.10. The summed E-state index contributed by atoms with van der Waals surface area (Å²) in [7, 11) is 1.54. The van der Waals surface area contributed by atoms with Crippen molar-refractivity contribution >= 4 is 11.9 Å². The molecule has 0 unspecified atom stereocenters. The molecule has 0 aliphatic rings. The average Bonchev–Trinajstić information content (AvgIpc) is 1.98. The second kappa shape index (κ2) is 4.71. The Labute approximate surface area is 71.1 Å². The van der Waals surface area contributed by atoms with Crippen molar-refractivity contribution in [3.8, 4) is 0 Å². The molecular weight excluding hydrogens is 160 g/mol. The summed E-state index contributed by atoms with van der Waals surface area (Å²) < 4.78 is 0. The van der Waals surface area contributed by atoms with E-state index in [1.165, 1.54) is 11.9 Å². The van der Waals surface area contributed by atoms with Crippen LogP contribution in [-0.4, -0.2) is 41.5 Å². The maximum Gasteiger partial charge on any atom is 0.305 e.